The Labute approximate surface area is 191 Å². The molecule has 0 amide bonds. The number of nitrogens with zero attached hydrogens (tertiary/aromatic N) is 3. The first-order valence-corrected chi connectivity index (χ1v) is 11.1. The van der Waals surface area contributed by atoms with Crippen LogP contribution in [0.4, 0.5) is 17.2 Å². The van der Waals surface area contributed by atoms with Crippen LogP contribution < -0.4 is 4.90 Å². The van der Waals surface area contributed by atoms with E-state index in [0.29, 0.717) is 0 Å². The van der Waals surface area contributed by atoms with Crippen molar-refractivity contribution in [2.24, 2.45) is 0 Å². The normalized spacial score (nSPS) is 12.2. The number of aromatic nitrogens is 2. The van der Waals surface area contributed by atoms with E-state index in [9.17, 15) is 0 Å². The summed E-state index contributed by atoms with van der Waals surface area (Å²) in [7, 11) is 0. The number of fused-ring (bicyclic) bond motifs is 4. The fraction of sp³-hybridized carbons (Fsp3) is 0. The highest BCUT2D eigenvalue weighted by Gasteiger charge is 2.28. The molecule has 33 heavy (non-hydrogen) atoms. The van der Waals surface area contributed by atoms with Gasteiger partial charge in [0.15, 0.2) is 0 Å². The quantitative estimate of drug-likeness (QED) is 0.266. The Morgan fingerprint density at radius 1 is 0.606 bits per heavy atom. The van der Waals surface area contributed by atoms with Gasteiger partial charge in [0.2, 0.25) is 0 Å². The SMILES string of the molecule is c1ccc(-c2cccc(N3c4ccccc4-c4nccc5c4c3nc3ccccc35)c2)cc1. The highest BCUT2D eigenvalue weighted by molar-refractivity contribution is 6.19. The van der Waals surface area contributed by atoms with Crippen molar-refractivity contribution in [2.45, 2.75) is 0 Å². The Balaban J connectivity index is 1.57. The van der Waals surface area contributed by atoms with Crippen LogP contribution in [0, 0.1) is 0 Å². The predicted molar refractivity (Wildman–Crippen MR) is 136 cm³/mol. The molecule has 0 fully saturated rings. The smallest absolute Gasteiger partial charge is 0.148 e. The first kappa shape index (κ1) is 18.1. The van der Waals surface area contributed by atoms with Crippen LogP contribution in [0.1, 0.15) is 0 Å². The van der Waals surface area contributed by atoms with E-state index in [1.54, 1.807) is 0 Å². The zero-order valence-corrected chi connectivity index (χ0v) is 17.8. The summed E-state index contributed by atoms with van der Waals surface area (Å²) in [4.78, 5) is 12.3. The molecule has 0 bridgehead atoms. The molecule has 0 atom stereocenters. The van der Waals surface area contributed by atoms with Crippen LogP contribution in [-0.2, 0) is 0 Å². The summed E-state index contributed by atoms with van der Waals surface area (Å²) in [6.45, 7) is 0. The van der Waals surface area contributed by atoms with Gasteiger partial charge in [0.25, 0.3) is 0 Å². The molecule has 0 radical (unpaired) electrons. The van der Waals surface area contributed by atoms with Crippen LogP contribution in [0.3, 0.4) is 0 Å². The first-order valence-electron chi connectivity index (χ1n) is 11.1. The van der Waals surface area contributed by atoms with Crippen LogP contribution in [0.5, 0.6) is 0 Å². The summed E-state index contributed by atoms with van der Waals surface area (Å²) < 4.78 is 0. The summed E-state index contributed by atoms with van der Waals surface area (Å²) in [6, 6.07) is 38.1. The maximum absolute atomic E-state index is 5.18. The number of hydrogen-bond donors (Lipinski definition) is 0. The first-order chi connectivity index (χ1) is 16.4. The molecule has 0 saturated carbocycles. The van der Waals surface area contributed by atoms with Gasteiger partial charge < -0.3 is 0 Å². The largest absolute Gasteiger partial charge is 0.294 e. The van der Waals surface area contributed by atoms with Crippen molar-refractivity contribution in [2.75, 3.05) is 4.90 Å². The summed E-state index contributed by atoms with van der Waals surface area (Å²) in [5, 5.41) is 3.43. The second-order valence-corrected chi connectivity index (χ2v) is 8.30. The summed E-state index contributed by atoms with van der Waals surface area (Å²) >= 11 is 0. The number of hydrogen-bond acceptors (Lipinski definition) is 3. The average Bonchev–Trinajstić information content (AvgIpc) is 2.89. The lowest BCUT2D eigenvalue weighted by atomic mass is 9.95. The Morgan fingerprint density at radius 2 is 1.39 bits per heavy atom. The van der Waals surface area contributed by atoms with Gasteiger partial charge in [0.1, 0.15) is 5.82 Å². The second-order valence-electron chi connectivity index (χ2n) is 8.30. The van der Waals surface area contributed by atoms with E-state index in [-0.39, 0.29) is 0 Å². The predicted octanol–water partition coefficient (Wildman–Crippen LogP) is 7.90. The Bertz CT molecular complexity index is 1670. The van der Waals surface area contributed by atoms with Gasteiger partial charge in [0, 0.05) is 22.8 Å². The summed E-state index contributed by atoms with van der Waals surface area (Å²) in [5.41, 5.74) is 7.66. The minimum Gasteiger partial charge on any atom is -0.294 e. The van der Waals surface area contributed by atoms with Gasteiger partial charge in [-0.2, -0.15) is 0 Å². The molecular formula is C30H19N3. The van der Waals surface area contributed by atoms with E-state index < -0.39 is 0 Å². The average molecular weight is 422 g/mol. The molecule has 0 aliphatic carbocycles. The molecule has 0 unspecified atom stereocenters. The van der Waals surface area contributed by atoms with E-state index >= 15 is 0 Å². The van der Waals surface area contributed by atoms with Crippen LogP contribution in [-0.4, -0.2) is 9.97 Å². The minimum atomic E-state index is 0.927. The number of rotatable bonds is 2. The second kappa shape index (κ2) is 7.01. The van der Waals surface area contributed by atoms with Crippen molar-refractivity contribution >= 4 is 38.9 Å². The van der Waals surface area contributed by atoms with Gasteiger partial charge in [-0.1, -0.05) is 78.9 Å². The Hall–Kier alpha value is -4.50. The van der Waals surface area contributed by atoms with Gasteiger partial charge in [-0.05, 0) is 46.8 Å². The fourth-order valence-electron chi connectivity index (χ4n) is 4.95. The maximum atomic E-state index is 5.18. The fourth-order valence-corrected chi connectivity index (χ4v) is 4.95. The van der Waals surface area contributed by atoms with Gasteiger partial charge in [-0.3, -0.25) is 9.88 Å². The van der Waals surface area contributed by atoms with Gasteiger partial charge >= 0.3 is 0 Å². The van der Waals surface area contributed by atoms with Crippen molar-refractivity contribution in [1.82, 2.24) is 9.97 Å². The minimum absolute atomic E-state index is 0.927. The molecule has 3 heteroatoms. The number of benzene rings is 4. The molecule has 6 aromatic rings. The topological polar surface area (TPSA) is 29.0 Å². The molecule has 1 aliphatic rings. The van der Waals surface area contributed by atoms with Crippen LogP contribution in [0.25, 0.3) is 44.1 Å². The van der Waals surface area contributed by atoms with E-state index in [1.807, 2.05) is 18.3 Å². The molecule has 7 rings (SSSR count). The molecule has 0 saturated heterocycles. The zero-order valence-electron chi connectivity index (χ0n) is 17.8. The van der Waals surface area contributed by atoms with E-state index in [1.165, 1.54) is 16.5 Å². The van der Waals surface area contributed by atoms with E-state index in [4.69, 9.17) is 9.97 Å². The molecule has 0 spiro atoms. The summed E-state index contributed by atoms with van der Waals surface area (Å²) in [6.07, 6.45) is 1.91. The van der Waals surface area contributed by atoms with E-state index in [2.05, 4.69) is 102 Å². The zero-order chi connectivity index (χ0) is 21.8. The monoisotopic (exact) mass is 421 g/mol. The lowest BCUT2D eigenvalue weighted by molar-refractivity contribution is 1.20. The third-order valence-electron chi connectivity index (χ3n) is 6.42. The van der Waals surface area contributed by atoms with Crippen molar-refractivity contribution in [3.63, 3.8) is 0 Å². The molecule has 3 heterocycles. The van der Waals surface area contributed by atoms with Crippen molar-refractivity contribution in [3.05, 3.63) is 115 Å². The molecule has 1 aliphatic heterocycles. The van der Waals surface area contributed by atoms with Crippen LogP contribution >= 0.6 is 0 Å². The molecule has 4 aromatic carbocycles. The molecule has 3 nitrogen and oxygen atoms in total. The van der Waals surface area contributed by atoms with Gasteiger partial charge in [-0.15, -0.1) is 0 Å². The molecule has 0 N–H and O–H groups in total. The summed E-state index contributed by atoms with van der Waals surface area (Å²) in [5.74, 6) is 0.927. The standard InChI is InChI=1S/C30H19N3/c1-2-9-20(10-3-1)21-11-8-12-22(19-21)33-27-16-7-5-14-25(27)29-28-24(17-18-31-29)23-13-4-6-15-26(23)32-30(28)33/h1-19H. The van der Waals surface area contributed by atoms with Crippen LogP contribution in [0.2, 0.25) is 0 Å². The highest BCUT2D eigenvalue weighted by Crippen LogP contribution is 2.50. The molecular weight excluding hydrogens is 402 g/mol. The Kier molecular flexibility index (Phi) is 3.84. The van der Waals surface area contributed by atoms with Crippen molar-refractivity contribution < 1.29 is 0 Å². The maximum Gasteiger partial charge on any atom is 0.148 e. The molecule has 154 valence electrons. The third-order valence-corrected chi connectivity index (χ3v) is 6.42. The van der Waals surface area contributed by atoms with Gasteiger partial charge in [0.05, 0.1) is 22.3 Å². The number of anilines is 3. The van der Waals surface area contributed by atoms with E-state index in [0.717, 1.165) is 44.7 Å². The van der Waals surface area contributed by atoms with Gasteiger partial charge in [-0.25, -0.2) is 4.98 Å². The van der Waals surface area contributed by atoms with Crippen molar-refractivity contribution in [3.8, 4) is 22.4 Å². The Morgan fingerprint density at radius 3 is 2.33 bits per heavy atom. The third kappa shape index (κ3) is 2.69. The lowest BCUT2D eigenvalue weighted by Gasteiger charge is -2.32. The van der Waals surface area contributed by atoms with Crippen LogP contribution in [0.15, 0.2) is 115 Å². The molecule has 2 aromatic heterocycles. The van der Waals surface area contributed by atoms with Crippen molar-refractivity contribution in [1.29, 1.82) is 0 Å². The number of para-hydroxylation sites is 2. The highest BCUT2D eigenvalue weighted by atomic mass is 15.2. The number of pyridine rings is 2. The lowest BCUT2D eigenvalue weighted by Crippen LogP contribution is -2.17.